The first-order valence-corrected chi connectivity index (χ1v) is 5.26. The van der Waals surface area contributed by atoms with Crippen LogP contribution in [0, 0.1) is 0 Å². The topological polar surface area (TPSA) is 75.5 Å². The molecule has 5 nitrogen and oxygen atoms in total. The van der Waals surface area contributed by atoms with Gasteiger partial charge in [-0.1, -0.05) is 0 Å². The van der Waals surface area contributed by atoms with Gasteiger partial charge in [-0.2, -0.15) is 4.98 Å². The van der Waals surface area contributed by atoms with Gasteiger partial charge in [0.15, 0.2) is 5.58 Å². The van der Waals surface area contributed by atoms with Crippen molar-refractivity contribution in [3.05, 3.63) is 18.2 Å². The maximum atomic E-state index is 8.92. The fourth-order valence-corrected chi connectivity index (χ4v) is 1.57. The average molecular weight is 221 g/mol. The number of nitrogens with zero attached hydrogens (tertiary/aromatic N) is 2. The first-order valence-electron chi connectivity index (χ1n) is 5.26. The van der Waals surface area contributed by atoms with Crippen LogP contribution >= 0.6 is 0 Å². The van der Waals surface area contributed by atoms with Crippen molar-refractivity contribution in [1.29, 1.82) is 0 Å². The Kier molecular flexibility index (Phi) is 2.96. The van der Waals surface area contributed by atoms with Crippen LogP contribution < -0.4 is 10.6 Å². The van der Waals surface area contributed by atoms with E-state index in [1.807, 2.05) is 17.9 Å². The first-order chi connectivity index (χ1) is 7.74. The van der Waals surface area contributed by atoms with Crippen molar-refractivity contribution in [2.75, 3.05) is 30.3 Å². The molecule has 3 N–H and O–H groups in total. The van der Waals surface area contributed by atoms with Crippen molar-refractivity contribution in [1.82, 2.24) is 4.98 Å². The molecule has 0 aliphatic rings. The number of hydrogen-bond donors (Lipinski definition) is 2. The minimum atomic E-state index is 0.0781. The minimum absolute atomic E-state index is 0.0781. The highest BCUT2D eigenvalue weighted by Crippen LogP contribution is 2.23. The lowest BCUT2D eigenvalue weighted by Crippen LogP contribution is -2.26. The van der Waals surface area contributed by atoms with Crippen molar-refractivity contribution < 1.29 is 9.52 Å². The minimum Gasteiger partial charge on any atom is -0.423 e. The molecular formula is C11H15N3O2. The van der Waals surface area contributed by atoms with Crippen LogP contribution in [0.5, 0.6) is 0 Å². The van der Waals surface area contributed by atoms with Gasteiger partial charge in [-0.25, -0.2) is 0 Å². The van der Waals surface area contributed by atoms with Gasteiger partial charge in [-0.15, -0.1) is 0 Å². The molecule has 1 heterocycles. The Bertz CT molecular complexity index is 481. The predicted molar refractivity (Wildman–Crippen MR) is 63.4 cm³/mol. The van der Waals surface area contributed by atoms with Gasteiger partial charge in [-0.3, -0.25) is 0 Å². The third kappa shape index (κ3) is 1.94. The fraction of sp³-hybridized carbons (Fsp3) is 0.364. The zero-order valence-corrected chi connectivity index (χ0v) is 9.18. The molecule has 0 unspecified atom stereocenters. The van der Waals surface area contributed by atoms with Crippen molar-refractivity contribution in [2.45, 2.75) is 6.92 Å². The smallest absolute Gasteiger partial charge is 0.298 e. The van der Waals surface area contributed by atoms with E-state index in [0.29, 0.717) is 23.8 Å². The molecule has 0 atom stereocenters. The third-order valence-corrected chi connectivity index (χ3v) is 2.42. The second kappa shape index (κ2) is 4.40. The molecule has 1 aromatic heterocycles. The van der Waals surface area contributed by atoms with Gasteiger partial charge in [-0.05, 0) is 19.1 Å². The van der Waals surface area contributed by atoms with E-state index in [1.54, 1.807) is 12.1 Å². The lowest BCUT2D eigenvalue weighted by Gasteiger charge is -2.16. The highest BCUT2D eigenvalue weighted by atomic mass is 16.4. The van der Waals surface area contributed by atoms with E-state index in [2.05, 4.69) is 4.98 Å². The summed E-state index contributed by atoms with van der Waals surface area (Å²) in [5, 5.41) is 8.92. The van der Waals surface area contributed by atoms with Crippen molar-refractivity contribution >= 4 is 22.8 Å². The molecule has 0 aliphatic carbocycles. The zero-order chi connectivity index (χ0) is 11.5. The third-order valence-electron chi connectivity index (χ3n) is 2.42. The van der Waals surface area contributed by atoms with Gasteiger partial charge in [0, 0.05) is 24.8 Å². The van der Waals surface area contributed by atoms with E-state index in [-0.39, 0.29) is 6.61 Å². The number of hydrogen-bond acceptors (Lipinski definition) is 5. The Hall–Kier alpha value is -1.75. The first kappa shape index (κ1) is 10.8. The molecule has 0 saturated heterocycles. The van der Waals surface area contributed by atoms with Crippen molar-refractivity contribution in [2.24, 2.45) is 0 Å². The average Bonchev–Trinajstić information content (AvgIpc) is 2.68. The van der Waals surface area contributed by atoms with Crippen LogP contribution in [-0.2, 0) is 0 Å². The summed E-state index contributed by atoms with van der Waals surface area (Å²) in [5.41, 5.74) is 7.76. The van der Waals surface area contributed by atoms with Gasteiger partial charge < -0.3 is 20.2 Å². The quantitative estimate of drug-likeness (QED) is 0.759. The van der Waals surface area contributed by atoms with Gasteiger partial charge >= 0.3 is 0 Å². The van der Waals surface area contributed by atoms with E-state index in [0.717, 1.165) is 12.1 Å². The summed E-state index contributed by atoms with van der Waals surface area (Å²) in [6, 6.07) is 5.89. The summed E-state index contributed by atoms with van der Waals surface area (Å²) in [5.74, 6) is 0. The molecule has 86 valence electrons. The van der Waals surface area contributed by atoms with Crippen molar-refractivity contribution in [3.8, 4) is 0 Å². The van der Waals surface area contributed by atoms with Crippen LogP contribution in [-0.4, -0.2) is 29.8 Å². The lowest BCUT2D eigenvalue weighted by molar-refractivity contribution is 0.299. The molecule has 0 spiro atoms. The molecule has 0 saturated carbocycles. The number of nitrogen functional groups attached to an aromatic ring is 1. The summed E-state index contributed by atoms with van der Waals surface area (Å²) in [6.07, 6.45) is 0. The summed E-state index contributed by atoms with van der Waals surface area (Å²) >= 11 is 0. The summed E-state index contributed by atoms with van der Waals surface area (Å²) in [7, 11) is 0. The second-order valence-electron chi connectivity index (χ2n) is 3.53. The molecule has 5 heteroatoms. The number of benzene rings is 1. The Balaban J connectivity index is 2.37. The van der Waals surface area contributed by atoms with Crippen LogP contribution in [0.25, 0.3) is 11.1 Å². The fourth-order valence-electron chi connectivity index (χ4n) is 1.57. The maximum Gasteiger partial charge on any atom is 0.298 e. The molecule has 2 rings (SSSR count). The summed E-state index contributed by atoms with van der Waals surface area (Å²) < 4.78 is 5.58. The molecule has 0 amide bonds. The number of fused-ring (bicyclic) bond motifs is 1. The summed E-state index contributed by atoms with van der Waals surface area (Å²) in [6.45, 7) is 3.31. The van der Waals surface area contributed by atoms with Crippen LogP contribution in [0.15, 0.2) is 22.6 Å². The number of rotatable bonds is 4. The number of likely N-dealkylation sites (N-methyl/N-ethyl adjacent to an activating group) is 1. The Labute approximate surface area is 93.5 Å². The molecule has 0 fully saturated rings. The Morgan fingerprint density at radius 3 is 3.00 bits per heavy atom. The number of aliphatic hydroxyl groups is 1. The van der Waals surface area contributed by atoms with Crippen LogP contribution in [0.2, 0.25) is 0 Å². The van der Waals surface area contributed by atoms with Crippen LogP contribution in [0.4, 0.5) is 11.7 Å². The Morgan fingerprint density at radius 2 is 2.31 bits per heavy atom. The number of aliphatic hydroxyl groups excluding tert-OH is 1. The van der Waals surface area contributed by atoms with E-state index >= 15 is 0 Å². The van der Waals surface area contributed by atoms with E-state index in [9.17, 15) is 0 Å². The van der Waals surface area contributed by atoms with Gasteiger partial charge in [0.25, 0.3) is 6.01 Å². The summed E-state index contributed by atoms with van der Waals surface area (Å²) in [4.78, 5) is 6.21. The number of nitrogens with two attached hydrogens (primary N) is 1. The number of aromatic nitrogens is 1. The molecule has 0 aliphatic heterocycles. The highest BCUT2D eigenvalue weighted by molar-refractivity contribution is 5.78. The highest BCUT2D eigenvalue weighted by Gasteiger charge is 2.11. The van der Waals surface area contributed by atoms with Crippen molar-refractivity contribution in [3.63, 3.8) is 0 Å². The lowest BCUT2D eigenvalue weighted by atomic mass is 10.3. The van der Waals surface area contributed by atoms with Gasteiger partial charge in [0.05, 0.1) is 6.61 Å². The zero-order valence-electron chi connectivity index (χ0n) is 9.18. The predicted octanol–water partition coefficient (Wildman–Crippen LogP) is 1.23. The molecule has 1 aromatic carbocycles. The monoisotopic (exact) mass is 221 g/mol. The molecular weight excluding hydrogens is 206 g/mol. The second-order valence-corrected chi connectivity index (χ2v) is 3.53. The normalized spacial score (nSPS) is 10.9. The molecule has 16 heavy (non-hydrogen) atoms. The Morgan fingerprint density at radius 1 is 1.50 bits per heavy atom. The van der Waals surface area contributed by atoms with E-state index in [1.165, 1.54) is 0 Å². The largest absolute Gasteiger partial charge is 0.423 e. The van der Waals surface area contributed by atoms with Crippen LogP contribution in [0.1, 0.15) is 6.92 Å². The van der Waals surface area contributed by atoms with Gasteiger partial charge in [0.1, 0.15) is 5.52 Å². The van der Waals surface area contributed by atoms with Gasteiger partial charge in [0.2, 0.25) is 0 Å². The standard InChI is InChI=1S/C11H15N3O2/c1-2-14(5-6-15)11-13-9-4-3-8(12)7-10(9)16-11/h3-4,7,15H,2,5-6,12H2,1H3. The number of oxazole rings is 1. The van der Waals surface area contributed by atoms with E-state index in [4.69, 9.17) is 15.3 Å². The number of anilines is 2. The maximum absolute atomic E-state index is 8.92. The SMILES string of the molecule is CCN(CCO)c1nc2ccc(N)cc2o1. The van der Waals surface area contributed by atoms with E-state index < -0.39 is 0 Å². The molecule has 0 radical (unpaired) electrons. The molecule has 2 aromatic rings. The van der Waals surface area contributed by atoms with Crippen LogP contribution in [0.3, 0.4) is 0 Å². The molecule has 0 bridgehead atoms.